The third-order valence-corrected chi connectivity index (χ3v) is 8.07. The molecule has 192 valence electrons. The van der Waals surface area contributed by atoms with E-state index in [9.17, 15) is 13.2 Å². The summed E-state index contributed by atoms with van der Waals surface area (Å²) in [6.07, 6.45) is 2.23. The fraction of sp³-hybridized carbons (Fsp3) is 0.375. The van der Waals surface area contributed by atoms with Gasteiger partial charge in [0.05, 0.1) is 30.6 Å². The lowest BCUT2D eigenvalue weighted by Crippen LogP contribution is -2.30. The fourth-order valence-electron chi connectivity index (χ4n) is 3.70. The number of rotatable bonds is 10. The molecule has 3 unspecified atom stereocenters. The van der Waals surface area contributed by atoms with Crippen molar-refractivity contribution in [2.24, 2.45) is 16.6 Å². The van der Waals surface area contributed by atoms with Crippen LogP contribution in [0.1, 0.15) is 19.5 Å². The molecule has 0 saturated heterocycles. The zero-order valence-corrected chi connectivity index (χ0v) is 22.0. The first kappa shape index (κ1) is 26.0. The van der Waals surface area contributed by atoms with E-state index in [1.807, 2.05) is 26.0 Å². The summed E-state index contributed by atoms with van der Waals surface area (Å²) in [6, 6.07) is 8.49. The molecule has 3 heterocycles. The van der Waals surface area contributed by atoms with Crippen LogP contribution in [0.3, 0.4) is 0 Å². The average molecular weight is 533 g/mol. The van der Waals surface area contributed by atoms with Gasteiger partial charge in [-0.25, -0.2) is 13.4 Å². The smallest absolute Gasteiger partial charge is 0.221 e. The Kier molecular flexibility index (Phi) is 7.57. The van der Waals surface area contributed by atoms with Gasteiger partial charge in [0.2, 0.25) is 5.91 Å². The zero-order valence-electron chi connectivity index (χ0n) is 20.3. The van der Waals surface area contributed by atoms with Crippen molar-refractivity contribution in [2.45, 2.75) is 30.2 Å². The van der Waals surface area contributed by atoms with Crippen molar-refractivity contribution in [3.05, 3.63) is 42.2 Å². The molecular weight excluding hydrogens is 504 g/mol. The number of sulfone groups is 1. The number of aromatic amines is 1. The molecule has 3 N–H and O–H groups in total. The van der Waals surface area contributed by atoms with E-state index in [1.54, 1.807) is 19.2 Å². The molecule has 36 heavy (non-hydrogen) atoms. The van der Waals surface area contributed by atoms with Crippen molar-refractivity contribution in [2.75, 3.05) is 26.5 Å². The molecular formula is C24H28N4O6S2. The highest BCUT2D eigenvalue weighted by Crippen LogP contribution is 2.37. The second-order valence-electron chi connectivity index (χ2n) is 8.65. The summed E-state index contributed by atoms with van der Waals surface area (Å²) in [4.78, 5) is 23.6. The standard InChI is InChI=1S/C24H28N4O6S2/c1-13(12-32-3)33-19-9-17(34-16-5-6-21(26-10-16)36(4,30)31)7-15-8-18(28-22(15)19)24-27-11-20(35-24)14(2)23(25)29/h5-10,13-14,20,28H,11-12H2,1-4H3,(H2,25,29). The highest BCUT2D eigenvalue weighted by molar-refractivity contribution is 8.15. The lowest BCUT2D eigenvalue weighted by molar-refractivity contribution is -0.121. The van der Waals surface area contributed by atoms with Crippen LogP contribution in [0.2, 0.25) is 0 Å². The molecule has 0 spiro atoms. The number of nitrogens with one attached hydrogen (secondary N) is 1. The maximum absolute atomic E-state index is 11.7. The van der Waals surface area contributed by atoms with Crippen molar-refractivity contribution in [3.63, 3.8) is 0 Å². The lowest BCUT2D eigenvalue weighted by Gasteiger charge is -2.16. The quantitative estimate of drug-likeness (QED) is 0.405. The van der Waals surface area contributed by atoms with Gasteiger partial charge in [0.25, 0.3) is 0 Å². The number of pyridine rings is 1. The molecule has 10 nitrogen and oxygen atoms in total. The van der Waals surface area contributed by atoms with Crippen LogP contribution in [-0.2, 0) is 19.4 Å². The normalized spacial score (nSPS) is 17.6. The van der Waals surface area contributed by atoms with Crippen molar-refractivity contribution >= 4 is 43.5 Å². The van der Waals surface area contributed by atoms with Gasteiger partial charge in [-0.2, -0.15) is 0 Å². The Morgan fingerprint density at radius 1 is 1.25 bits per heavy atom. The van der Waals surface area contributed by atoms with Crippen LogP contribution >= 0.6 is 11.8 Å². The summed E-state index contributed by atoms with van der Waals surface area (Å²) in [7, 11) is -1.80. The number of methoxy groups -OCH3 is 1. The van der Waals surface area contributed by atoms with Crippen LogP contribution in [0.4, 0.5) is 0 Å². The molecule has 1 aliphatic heterocycles. The van der Waals surface area contributed by atoms with Crippen LogP contribution in [0.5, 0.6) is 17.2 Å². The van der Waals surface area contributed by atoms with Gasteiger partial charge in [-0.05, 0) is 31.2 Å². The van der Waals surface area contributed by atoms with Gasteiger partial charge >= 0.3 is 0 Å². The SMILES string of the molecule is COCC(C)Oc1cc(Oc2ccc(S(C)(=O)=O)nc2)cc2cc(C3=NCC(C(C)C(N)=O)S3)[nH]c12. The summed E-state index contributed by atoms with van der Waals surface area (Å²) in [6.45, 7) is 4.62. The topological polar surface area (TPSA) is 146 Å². The maximum atomic E-state index is 11.7. The molecule has 0 radical (unpaired) electrons. The second-order valence-corrected chi connectivity index (χ2v) is 11.8. The van der Waals surface area contributed by atoms with Crippen molar-refractivity contribution in [1.82, 2.24) is 9.97 Å². The number of carbonyl (C=O) groups excluding carboxylic acids is 1. The van der Waals surface area contributed by atoms with E-state index in [0.717, 1.165) is 27.9 Å². The number of hydrogen-bond donors (Lipinski definition) is 2. The number of fused-ring (bicyclic) bond motifs is 1. The molecule has 1 aromatic carbocycles. The Balaban J connectivity index is 1.65. The van der Waals surface area contributed by atoms with Crippen LogP contribution < -0.4 is 15.2 Å². The Hall–Kier alpha value is -3.09. The van der Waals surface area contributed by atoms with Crippen LogP contribution in [0.25, 0.3) is 10.9 Å². The molecule has 3 atom stereocenters. The van der Waals surface area contributed by atoms with Crippen LogP contribution in [-0.4, -0.2) is 67.2 Å². The van der Waals surface area contributed by atoms with Crippen LogP contribution in [0.15, 0.2) is 46.5 Å². The number of nitrogens with two attached hydrogens (primary N) is 1. The van der Waals surface area contributed by atoms with E-state index >= 15 is 0 Å². The largest absolute Gasteiger partial charge is 0.486 e. The monoisotopic (exact) mass is 532 g/mol. The number of aliphatic imine (C=N–C) groups is 1. The number of nitrogens with zero attached hydrogens (tertiary/aromatic N) is 2. The van der Waals surface area contributed by atoms with Gasteiger partial charge in [-0.3, -0.25) is 9.79 Å². The molecule has 0 fully saturated rings. The van der Waals surface area contributed by atoms with Gasteiger partial charge < -0.3 is 24.9 Å². The predicted octanol–water partition coefficient (Wildman–Crippen LogP) is 3.16. The van der Waals surface area contributed by atoms with E-state index in [2.05, 4.69) is 15.0 Å². The third kappa shape index (κ3) is 5.82. The Bertz CT molecular complexity index is 1400. The lowest BCUT2D eigenvalue weighted by atomic mass is 10.1. The first-order valence-corrected chi connectivity index (χ1v) is 14.0. The minimum Gasteiger partial charge on any atom is -0.486 e. The van der Waals surface area contributed by atoms with Crippen LogP contribution in [0, 0.1) is 5.92 Å². The van der Waals surface area contributed by atoms with Gasteiger partial charge in [0.15, 0.2) is 14.9 Å². The van der Waals surface area contributed by atoms with Gasteiger partial charge in [-0.15, -0.1) is 0 Å². The predicted molar refractivity (Wildman–Crippen MR) is 139 cm³/mol. The minimum atomic E-state index is -3.41. The first-order chi connectivity index (χ1) is 17.0. The highest BCUT2D eigenvalue weighted by Gasteiger charge is 2.30. The molecule has 3 aromatic rings. The second kappa shape index (κ2) is 10.5. The van der Waals surface area contributed by atoms with Gasteiger partial charge in [0.1, 0.15) is 28.4 Å². The number of aromatic nitrogens is 2. The summed E-state index contributed by atoms with van der Waals surface area (Å²) in [5, 5.41) is 1.58. The zero-order chi connectivity index (χ0) is 26.0. The Morgan fingerprint density at radius 2 is 2.03 bits per heavy atom. The fourth-order valence-corrected chi connectivity index (χ4v) is 5.42. The number of carbonyl (C=O) groups is 1. The Morgan fingerprint density at radius 3 is 2.67 bits per heavy atom. The van der Waals surface area contributed by atoms with Gasteiger partial charge in [0, 0.05) is 36.0 Å². The van der Waals surface area contributed by atoms with E-state index in [1.165, 1.54) is 24.0 Å². The van der Waals surface area contributed by atoms with E-state index < -0.39 is 9.84 Å². The molecule has 1 aliphatic rings. The molecule has 0 bridgehead atoms. The number of thioether (sulfide) groups is 1. The van der Waals surface area contributed by atoms with E-state index in [4.69, 9.17) is 19.9 Å². The molecule has 0 aliphatic carbocycles. The number of hydrogen-bond acceptors (Lipinski definition) is 9. The summed E-state index contributed by atoms with van der Waals surface area (Å²) in [5.41, 5.74) is 7.04. The average Bonchev–Trinajstić information content (AvgIpc) is 3.46. The van der Waals surface area contributed by atoms with E-state index in [0.29, 0.717) is 30.4 Å². The molecule has 4 rings (SSSR count). The number of primary amides is 1. The minimum absolute atomic E-state index is 0.0114. The molecule has 2 aromatic heterocycles. The van der Waals surface area contributed by atoms with Crippen molar-refractivity contribution < 1.29 is 27.4 Å². The summed E-state index contributed by atoms with van der Waals surface area (Å²) in [5.74, 6) is 0.793. The Labute approximate surface area is 213 Å². The van der Waals surface area contributed by atoms with Gasteiger partial charge in [-0.1, -0.05) is 18.7 Å². The van der Waals surface area contributed by atoms with Crippen molar-refractivity contribution in [3.8, 4) is 17.2 Å². The number of ether oxygens (including phenoxy) is 3. The van der Waals surface area contributed by atoms with E-state index in [-0.39, 0.29) is 28.2 Å². The number of amides is 1. The number of benzene rings is 1. The summed E-state index contributed by atoms with van der Waals surface area (Å²) < 4.78 is 40.7. The molecule has 0 saturated carbocycles. The summed E-state index contributed by atoms with van der Waals surface area (Å²) >= 11 is 1.52. The molecule has 12 heteroatoms. The first-order valence-electron chi connectivity index (χ1n) is 11.2. The maximum Gasteiger partial charge on any atom is 0.221 e. The highest BCUT2D eigenvalue weighted by atomic mass is 32.2. The third-order valence-electron chi connectivity index (χ3n) is 5.63. The molecule has 1 amide bonds. The number of H-pyrrole nitrogens is 1. The van der Waals surface area contributed by atoms with Crippen molar-refractivity contribution in [1.29, 1.82) is 0 Å².